The van der Waals surface area contributed by atoms with Crippen LogP contribution in [0.2, 0.25) is 5.02 Å². The minimum Gasteiger partial charge on any atom is -0.399 e. The number of nitrogen functional groups attached to an aromatic ring is 1. The summed E-state index contributed by atoms with van der Waals surface area (Å²) in [6.07, 6.45) is 0. The third kappa shape index (κ3) is 2.58. The Hall–Kier alpha value is -1.31. The van der Waals surface area contributed by atoms with Gasteiger partial charge in [0.15, 0.2) is 5.82 Å². The summed E-state index contributed by atoms with van der Waals surface area (Å²) in [4.78, 5) is -0.571. The molecule has 4 nitrogen and oxygen atoms in total. The second-order valence-electron chi connectivity index (χ2n) is 3.43. The molecule has 0 saturated heterocycles. The summed E-state index contributed by atoms with van der Waals surface area (Å²) in [5.74, 6) is -1.02. The zero-order valence-electron chi connectivity index (χ0n) is 8.85. The molecule has 0 atom stereocenters. The Morgan fingerprint density at radius 2 is 2.11 bits per heavy atom. The summed E-state index contributed by atoms with van der Waals surface area (Å²) in [6, 6.07) is 3.74. The van der Waals surface area contributed by atoms with Gasteiger partial charge in [-0.1, -0.05) is 11.6 Å². The Balaban J connectivity index is 2.48. The molecule has 0 amide bonds. The molecule has 0 saturated carbocycles. The van der Waals surface area contributed by atoms with Crippen LogP contribution in [-0.2, 0) is 10.0 Å². The predicted octanol–water partition coefficient (Wildman–Crippen LogP) is 2.92. The SMILES string of the molecule is Nc1cc(Cl)c(F)c(S(=O)(=O)Nc2ccsc2)c1. The first-order valence-electron chi connectivity index (χ1n) is 4.70. The molecule has 2 aromatic rings. The van der Waals surface area contributed by atoms with E-state index >= 15 is 0 Å². The minimum atomic E-state index is -4.04. The van der Waals surface area contributed by atoms with Gasteiger partial charge in [-0.3, -0.25) is 4.72 Å². The first kappa shape index (κ1) is 13.1. The summed E-state index contributed by atoms with van der Waals surface area (Å²) in [6.45, 7) is 0. The molecule has 2 rings (SSSR count). The molecule has 18 heavy (non-hydrogen) atoms. The van der Waals surface area contributed by atoms with Crippen molar-refractivity contribution in [2.45, 2.75) is 4.90 Å². The quantitative estimate of drug-likeness (QED) is 0.856. The molecular formula is C10H8ClFN2O2S2. The molecule has 1 aromatic carbocycles. The molecule has 0 unspecified atom stereocenters. The van der Waals surface area contributed by atoms with Gasteiger partial charge in [-0.2, -0.15) is 11.3 Å². The molecule has 0 radical (unpaired) electrons. The van der Waals surface area contributed by atoms with Crippen molar-refractivity contribution in [1.29, 1.82) is 0 Å². The molecule has 1 aromatic heterocycles. The molecule has 0 aliphatic heterocycles. The monoisotopic (exact) mass is 306 g/mol. The molecule has 0 aliphatic rings. The number of halogens is 2. The van der Waals surface area contributed by atoms with E-state index in [0.717, 1.165) is 12.1 Å². The maximum Gasteiger partial charge on any atom is 0.264 e. The largest absolute Gasteiger partial charge is 0.399 e. The van der Waals surface area contributed by atoms with Crippen molar-refractivity contribution in [3.05, 3.63) is 39.8 Å². The van der Waals surface area contributed by atoms with Gasteiger partial charge in [0.05, 0.1) is 10.7 Å². The second kappa shape index (κ2) is 4.75. The van der Waals surface area contributed by atoms with Gasteiger partial charge in [-0.25, -0.2) is 12.8 Å². The van der Waals surface area contributed by atoms with Crippen LogP contribution < -0.4 is 10.5 Å². The molecule has 3 N–H and O–H groups in total. The molecule has 8 heteroatoms. The fraction of sp³-hybridized carbons (Fsp3) is 0. The number of hydrogen-bond acceptors (Lipinski definition) is 4. The average Bonchev–Trinajstić information content (AvgIpc) is 2.75. The lowest BCUT2D eigenvalue weighted by molar-refractivity contribution is 0.571. The standard InChI is InChI=1S/C10H8ClFN2O2S2/c11-8-3-6(13)4-9(10(8)12)18(15,16)14-7-1-2-17-5-7/h1-5,14H,13H2. The van der Waals surface area contributed by atoms with Crippen molar-refractivity contribution in [2.24, 2.45) is 0 Å². The highest BCUT2D eigenvalue weighted by Gasteiger charge is 2.22. The lowest BCUT2D eigenvalue weighted by Crippen LogP contribution is -2.14. The zero-order chi connectivity index (χ0) is 13.3. The van der Waals surface area contributed by atoms with E-state index in [4.69, 9.17) is 17.3 Å². The van der Waals surface area contributed by atoms with Crippen LogP contribution in [-0.4, -0.2) is 8.42 Å². The van der Waals surface area contributed by atoms with Crippen molar-refractivity contribution in [3.63, 3.8) is 0 Å². The van der Waals surface area contributed by atoms with Crippen molar-refractivity contribution >= 4 is 44.3 Å². The fourth-order valence-corrected chi connectivity index (χ4v) is 3.44. The lowest BCUT2D eigenvalue weighted by Gasteiger charge is -2.09. The fourth-order valence-electron chi connectivity index (χ4n) is 1.31. The summed E-state index contributed by atoms with van der Waals surface area (Å²) >= 11 is 6.88. The lowest BCUT2D eigenvalue weighted by atomic mass is 10.3. The summed E-state index contributed by atoms with van der Waals surface area (Å²) in [5, 5.41) is 2.95. The van der Waals surface area contributed by atoms with Crippen LogP contribution >= 0.6 is 22.9 Å². The Labute approximate surface area is 112 Å². The molecule has 1 heterocycles. The highest BCUT2D eigenvalue weighted by atomic mass is 35.5. The summed E-state index contributed by atoms with van der Waals surface area (Å²) < 4.78 is 39.9. The van der Waals surface area contributed by atoms with Gasteiger partial charge in [0, 0.05) is 11.1 Å². The minimum absolute atomic E-state index is 0.0760. The molecular weight excluding hydrogens is 299 g/mol. The number of sulfonamides is 1. The maximum atomic E-state index is 13.7. The second-order valence-corrected chi connectivity index (χ2v) is 6.27. The third-order valence-electron chi connectivity index (χ3n) is 2.08. The molecule has 96 valence electrons. The van der Waals surface area contributed by atoms with Crippen LogP contribution in [0.4, 0.5) is 15.8 Å². The van der Waals surface area contributed by atoms with E-state index < -0.39 is 20.7 Å². The number of anilines is 2. The Morgan fingerprint density at radius 3 is 2.72 bits per heavy atom. The normalized spacial score (nSPS) is 11.4. The molecule has 0 fully saturated rings. The van der Waals surface area contributed by atoms with Gasteiger partial charge in [0.25, 0.3) is 10.0 Å². The molecule has 0 aliphatic carbocycles. The zero-order valence-corrected chi connectivity index (χ0v) is 11.2. The number of nitrogens with one attached hydrogen (secondary N) is 1. The van der Waals surface area contributed by atoms with Crippen LogP contribution in [0, 0.1) is 5.82 Å². The van der Waals surface area contributed by atoms with Crippen molar-refractivity contribution in [2.75, 3.05) is 10.5 Å². The van der Waals surface area contributed by atoms with E-state index in [0.29, 0.717) is 5.69 Å². The van der Waals surface area contributed by atoms with Crippen LogP contribution in [0.3, 0.4) is 0 Å². The van der Waals surface area contributed by atoms with Crippen LogP contribution in [0.1, 0.15) is 0 Å². The Bertz CT molecular complexity index is 671. The van der Waals surface area contributed by atoms with E-state index in [1.165, 1.54) is 11.3 Å². The number of hydrogen-bond donors (Lipinski definition) is 2. The van der Waals surface area contributed by atoms with E-state index in [2.05, 4.69) is 4.72 Å². The van der Waals surface area contributed by atoms with Crippen LogP contribution in [0.15, 0.2) is 33.9 Å². The molecule has 0 spiro atoms. The van der Waals surface area contributed by atoms with Gasteiger partial charge >= 0.3 is 0 Å². The van der Waals surface area contributed by atoms with Gasteiger partial charge < -0.3 is 5.73 Å². The van der Waals surface area contributed by atoms with Crippen molar-refractivity contribution in [1.82, 2.24) is 0 Å². The highest BCUT2D eigenvalue weighted by molar-refractivity contribution is 7.92. The smallest absolute Gasteiger partial charge is 0.264 e. The first-order valence-corrected chi connectivity index (χ1v) is 7.50. The van der Waals surface area contributed by atoms with Crippen molar-refractivity contribution < 1.29 is 12.8 Å². The van der Waals surface area contributed by atoms with E-state index in [1.807, 2.05) is 0 Å². The Kier molecular flexibility index (Phi) is 3.47. The third-order valence-corrected chi connectivity index (χ3v) is 4.42. The van der Waals surface area contributed by atoms with Crippen LogP contribution in [0.5, 0.6) is 0 Å². The maximum absolute atomic E-state index is 13.7. The number of nitrogens with two attached hydrogens (primary N) is 1. The number of benzene rings is 1. The van der Waals surface area contributed by atoms with Gasteiger partial charge in [0.1, 0.15) is 4.90 Å². The van der Waals surface area contributed by atoms with Crippen molar-refractivity contribution in [3.8, 4) is 0 Å². The average molecular weight is 307 g/mol. The topological polar surface area (TPSA) is 72.2 Å². The van der Waals surface area contributed by atoms with E-state index in [-0.39, 0.29) is 10.7 Å². The van der Waals surface area contributed by atoms with Gasteiger partial charge in [0.2, 0.25) is 0 Å². The predicted molar refractivity (Wildman–Crippen MR) is 70.9 cm³/mol. The summed E-state index contributed by atoms with van der Waals surface area (Å²) in [7, 11) is -4.04. The first-order chi connectivity index (χ1) is 8.40. The van der Waals surface area contributed by atoms with Gasteiger partial charge in [-0.15, -0.1) is 0 Å². The summed E-state index contributed by atoms with van der Waals surface area (Å²) in [5.41, 5.74) is 5.89. The van der Waals surface area contributed by atoms with Crippen LogP contribution in [0.25, 0.3) is 0 Å². The Morgan fingerprint density at radius 1 is 1.39 bits per heavy atom. The number of thiophene rings is 1. The number of rotatable bonds is 3. The van der Waals surface area contributed by atoms with E-state index in [9.17, 15) is 12.8 Å². The van der Waals surface area contributed by atoms with E-state index in [1.54, 1.807) is 16.8 Å². The van der Waals surface area contributed by atoms with Gasteiger partial charge in [-0.05, 0) is 23.6 Å². The highest BCUT2D eigenvalue weighted by Crippen LogP contribution is 2.27. The molecule has 0 bridgehead atoms.